The van der Waals surface area contributed by atoms with E-state index < -0.39 is 0 Å². The van der Waals surface area contributed by atoms with Crippen molar-refractivity contribution < 1.29 is 22.6 Å². The largest absolute Gasteiger partial charge is 1.00 e. The number of amides is 1. The van der Waals surface area contributed by atoms with E-state index in [2.05, 4.69) is 12.3 Å². The van der Waals surface area contributed by atoms with Crippen LogP contribution >= 0.6 is 0 Å². The fourth-order valence-electron chi connectivity index (χ4n) is 2.53. The van der Waals surface area contributed by atoms with Crippen LogP contribution in [0, 0.1) is 5.92 Å². The van der Waals surface area contributed by atoms with Crippen LogP contribution < -0.4 is 23.3 Å². The Morgan fingerprint density at radius 1 is 1.16 bits per heavy atom. The highest BCUT2D eigenvalue weighted by molar-refractivity contribution is 5.86. The van der Waals surface area contributed by atoms with Gasteiger partial charge in [-0.15, -0.1) is 0 Å². The SMILES string of the molecule is CC1CCCC(N[NH2+]C(=O)c2ccccc2)CC1.[Cl-]. The second-order valence-electron chi connectivity index (χ2n) is 5.35. The summed E-state index contributed by atoms with van der Waals surface area (Å²) in [4.78, 5) is 11.9. The molecule has 0 saturated heterocycles. The van der Waals surface area contributed by atoms with Crippen LogP contribution in [-0.2, 0) is 0 Å². The Balaban J connectivity index is 0.00000180. The Morgan fingerprint density at radius 3 is 2.63 bits per heavy atom. The number of nitrogens with two attached hydrogens (primary N) is 1. The predicted octanol–water partition coefficient (Wildman–Crippen LogP) is -1.13. The molecule has 0 bridgehead atoms. The van der Waals surface area contributed by atoms with Gasteiger partial charge in [-0.3, -0.25) is 0 Å². The van der Waals surface area contributed by atoms with Gasteiger partial charge in [-0.05, 0) is 37.3 Å². The van der Waals surface area contributed by atoms with Gasteiger partial charge in [0.1, 0.15) is 0 Å². The van der Waals surface area contributed by atoms with E-state index in [1.165, 1.54) is 32.1 Å². The summed E-state index contributed by atoms with van der Waals surface area (Å²) in [5.74, 6) is 0.912. The van der Waals surface area contributed by atoms with E-state index in [-0.39, 0.29) is 18.3 Å². The van der Waals surface area contributed by atoms with Crippen molar-refractivity contribution in [3.8, 4) is 0 Å². The topological polar surface area (TPSA) is 45.7 Å². The summed E-state index contributed by atoms with van der Waals surface area (Å²) in [6.45, 7) is 2.32. The molecule has 0 aliphatic heterocycles. The maximum atomic E-state index is 11.9. The molecule has 1 aliphatic rings. The highest BCUT2D eigenvalue weighted by Gasteiger charge is 2.18. The average Bonchev–Trinajstić information content (AvgIpc) is 2.62. The van der Waals surface area contributed by atoms with Crippen LogP contribution in [0.4, 0.5) is 0 Å². The van der Waals surface area contributed by atoms with Crippen LogP contribution in [0.5, 0.6) is 0 Å². The van der Waals surface area contributed by atoms with Gasteiger partial charge in [-0.1, -0.05) is 38.0 Å². The summed E-state index contributed by atoms with van der Waals surface area (Å²) in [5, 5.41) is 0. The van der Waals surface area contributed by atoms with Crippen LogP contribution in [0.2, 0.25) is 0 Å². The number of rotatable bonds is 3. The minimum atomic E-state index is 0. The molecular weight excluding hydrogens is 260 g/mol. The van der Waals surface area contributed by atoms with E-state index in [1.807, 2.05) is 30.3 Å². The first kappa shape index (κ1) is 16.2. The van der Waals surface area contributed by atoms with Gasteiger partial charge in [0, 0.05) is 0 Å². The number of quaternary nitrogens is 1. The molecule has 4 heteroatoms. The fourth-order valence-corrected chi connectivity index (χ4v) is 2.53. The lowest BCUT2D eigenvalue weighted by atomic mass is 10.0. The molecule has 1 aromatic carbocycles. The van der Waals surface area contributed by atoms with Crippen molar-refractivity contribution in [2.75, 3.05) is 0 Å². The average molecular weight is 283 g/mol. The molecule has 1 fully saturated rings. The van der Waals surface area contributed by atoms with E-state index in [1.54, 1.807) is 5.43 Å². The summed E-state index contributed by atoms with van der Waals surface area (Å²) < 4.78 is 0. The molecule has 0 spiro atoms. The molecule has 19 heavy (non-hydrogen) atoms. The first-order valence-electron chi connectivity index (χ1n) is 6.94. The molecule has 0 heterocycles. The van der Waals surface area contributed by atoms with Crippen molar-refractivity contribution in [1.29, 1.82) is 0 Å². The smallest absolute Gasteiger partial charge is 0.361 e. The Hall–Kier alpha value is -0.900. The summed E-state index contributed by atoms with van der Waals surface area (Å²) in [5.41, 5.74) is 5.71. The summed E-state index contributed by atoms with van der Waals surface area (Å²) in [7, 11) is 0. The van der Waals surface area contributed by atoms with Crippen LogP contribution in [0.1, 0.15) is 49.4 Å². The van der Waals surface area contributed by atoms with E-state index in [9.17, 15) is 4.79 Å². The molecule has 0 aromatic heterocycles. The Morgan fingerprint density at radius 2 is 1.89 bits per heavy atom. The third-order valence-corrected chi connectivity index (χ3v) is 3.77. The predicted molar refractivity (Wildman–Crippen MR) is 71.9 cm³/mol. The van der Waals surface area contributed by atoms with Crippen molar-refractivity contribution >= 4 is 5.91 Å². The normalized spacial score (nSPS) is 23.2. The van der Waals surface area contributed by atoms with Crippen LogP contribution in [-0.4, -0.2) is 11.9 Å². The van der Waals surface area contributed by atoms with E-state index in [0.29, 0.717) is 6.04 Å². The van der Waals surface area contributed by atoms with Gasteiger partial charge in [0.25, 0.3) is 0 Å². The monoisotopic (exact) mass is 282 g/mol. The number of halogens is 1. The third kappa shape index (κ3) is 5.31. The lowest BCUT2D eigenvalue weighted by Crippen LogP contribution is -3.00. The minimum Gasteiger partial charge on any atom is -1.00 e. The molecule has 106 valence electrons. The fraction of sp³-hybridized carbons (Fsp3) is 0.533. The number of primary amides is 1. The van der Waals surface area contributed by atoms with Gasteiger partial charge in [0.2, 0.25) is 0 Å². The van der Waals surface area contributed by atoms with Crippen LogP contribution in [0.15, 0.2) is 30.3 Å². The lowest BCUT2D eigenvalue weighted by Gasteiger charge is -2.13. The molecular formula is C15H23ClN2O. The number of hydrogen-bond acceptors (Lipinski definition) is 2. The van der Waals surface area contributed by atoms with Gasteiger partial charge >= 0.3 is 5.91 Å². The van der Waals surface area contributed by atoms with Gasteiger partial charge in [-0.25, -0.2) is 10.2 Å². The Bertz CT molecular complexity index is 383. The number of carbonyl (C=O) groups excluding carboxylic acids is 1. The highest BCUT2D eigenvalue weighted by atomic mass is 35.5. The zero-order valence-electron chi connectivity index (χ0n) is 11.4. The zero-order chi connectivity index (χ0) is 12.8. The number of benzene rings is 1. The van der Waals surface area contributed by atoms with Gasteiger partial charge in [0.05, 0.1) is 11.6 Å². The lowest BCUT2D eigenvalue weighted by molar-refractivity contribution is -0.623. The van der Waals surface area contributed by atoms with Crippen molar-refractivity contribution in [3.05, 3.63) is 35.9 Å². The van der Waals surface area contributed by atoms with Crippen LogP contribution in [0.25, 0.3) is 0 Å². The second-order valence-corrected chi connectivity index (χ2v) is 5.35. The minimum absolute atomic E-state index is 0. The zero-order valence-corrected chi connectivity index (χ0v) is 12.2. The van der Waals surface area contributed by atoms with E-state index >= 15 is 0 Å². The Kier molecular flexibility index (Phi) is 7.06. The number of hydrogen-bond donors (Lipinski definition) is 2. The molecule has 3 N–H and O–H groups in total. The second kappa shape index (κ2) is 8.31. The van der Waals surface area contributed by atoms with Gasteiger partial charge < -0.3 is 12.4 Å². The van der Waals surface area contributed by atoms with Gasteiger partial charge in [-0.2, -0.15) is 5.43 Å². The van der Waals surface area contributed by atoms with Crippen molar-refractivity contribution in [2.24, 2.45) is 5.92 Å². The highest BCUT2D eigenvalue weighted by Crippen LogP contribution is 2.21. The van der Waals surface area contributed by atoms with Crippen molar-refractivity contribution in [1.82, 2.24) is 5.43 Å². The molecule has 1 saturated carbocycles. The summed E-state index contributed by atoms with van der Waals surface area (Å²) >= 11 is 0. The first-order valence-corrected chi connectivity index (χ1v) is 6.94. The van der Waals surface area contributed by atoms with Crippen molar-refractivity contribution in [2.45, 2.75) is 45.1 Å². The molecule has 2 rings (SSSR count). The van der Waals surface area contributed by atoms with E-state index in [0.717, 1.165) is 11.5 Å². The van der Waals surface area contributed by atoms with Crippen molar-refractivity contribution in [3.63, 3.8) is 0 Å². The Labute approximate surface area is 121 Å². The van der Waals surface area contributed by atoms with Gasteiger partial charge in [0.15, 0.2) is 0 Å². The number of nitrogens with one attached hydrogen (secondary N) is 1. The standard InChI is InChI=1S/C15H22N2O.ClH/c1-12-6-5-9-14(11-10-12)16-17-15(18)13-7-3-2-4-8-13;/h2-4,7-8,12,14,16H,5-6,9-11H2,1H3,(H,17,18);1H. The maximum absolute atomic E-state index is 11.9. The summed E-state index contributed by atoms with van der Waals surface area (Å²) in [6.07, 6.45) is 6.23. The maximum Gasteiger partial charge on any atom is 0.361 e. The molecule has 1 amide bonds. The first-order chi connectivity index (χ1) is 8.75. The summed E-state index contributed by atoms with van der Waals surface area (Å²) in [6, 6.07) is 9.91. The third-order valence-electron chi connectivity index (χ3n) is 3.77. The quantitative estimate of drug-likeness (QED) is 0.419. The number of carbonyl (C=O) groups is 1. The molecule has 1 aliphatic carbocycles. The molecule has 0 radical (unpaired) electrons. The van der Waals surface area contributed by atoms with E-state index in [4.69, 9.17) is 0 Å². The molecule has 3 nitrogen and oxygen atoms in total. The molecule has 2 atom stereocenters. The molecule has 1 aromatic rings. The van der Waals surface area contributed by atoms with Crippen LogP contribution in [0.3, 0.4) is 0 Å². The molecule has 2 unspecified atom stereocenters.